The number of benzene rings is 2. The summed E-state index contributed by atoms with van der Waals surface area (Å²) in [6, 6.07) is 10.6. The molecule has 0 bridgehead atoms. The van der Waals surface area contributed by atoms with E-state index in [9.17, 15) is 4.79 Å². The lowest BCUT2D eigenvalue weighted by Crippen LogP contribution is -2.15. The molecule has 0 atom stereocenters. The Kier molecular flexibility index (Phi) is 5.36. The molecular weight excluding hydrogens is 424 g/mol. The molecule has 0 saturated carbocycles. The van der Waals surface area contributed by atoms with Gasteiger partial charge < -0.3 is 14.8 Å². The third-order valence-corrected chi connectivity index (χ3v) is 6.08. The molecule has 1 amide bonds. The topological polar surface area (TPSA) is 78.3 Å². The lowest BCUT2D eigenvalue weighted by molar-refractivity contribution is 0.102. The number of rotatable bonds is 5. The normalized spacial score (nSPS) is 11.0. The summed E-state index contributed by atoms with van der Waals surface area (Å²) in [6.45, 7) is 3.84. The first kappa shape index (κ1) is 20.2. The quantitative estimate of drug-likeness (QED) is 0.469. The van der Waals surface area contributed by atoms with Gasteiger partial charge in [-0.15, -0.1) is 0 Å². The maximum absolute atomic E-state index is 12.9. The third kappa shape index (κ3) is 3.59. The van der Waals surface area contributed by atoms with Crippen LogP contribution in [0.25, 0.3) is 15.3 Å². The number of ether oxygens (including phenoxy) is 2. The Morgan fingerprint density at radius 2 is 1.87 bits per heavy atom. The summed E-state index contributed by atoms with van der Waals surface area (Å²) in [6.07, 6.45) is 0. The highest BCUT2D eigenvalue weighted by Crippen LogP contribution is 2.34. The van der Waals surface area contributed by atoms with Crippen LogP contribution in [0.4, 0.5) is 5.82 Å². The Balaban J connectivity index is 1.70. The lowest BCUT2D eigenvalue weighted by atomic mass is 10.2. The Labute approximate surface area is 182 Å². The standard InChI is InChI=1S/C21H19ClN4O3S/c1-11-5-7-14(22)19-18(11)24-21(30-19)26-17(9-12(2)25-26)23-20(27)13-6-8-15(28-3)16(10-13)29-4/h5-10H,1-4H3,(H,23,27). The van der Waals surface area contributed by atoms with E-state index >= 15 is 0 Å². The second kappa shape index (κ2) is 7.97. The van der Waals surface area contributed by atoms with Gasteiger partial charge >= 0.3 is 0 Å². The summed E-state index contributed by atoms with van der Waals surface area (Å²) in [7, 11) is 3.07. The van der Waals surface area contributed by atoms with Crippen LogP contribution in [0.2, 0.25) is 5.02 Å². The van der Waals surface area contributed by atoms with Crippen LogP contribution in [-0.2, 0) is 0 Å². The van der Waals surface area contributed by atoms with Gasteiger partial charge in [-0.1, -0.05) is 29.0 Å². The summed E-state index contributed by atoms with van der Waals surface area (Å²) >= 11 is 7.76. The molecule has 4 rings (SSSR count). The molecule has 0 saturated heterocycles. The van der Waals surface area contributed by atoms with Gasteiger partial charge in [-0.05, 0) is 43.7 Å². The molecule has 2 aromatic heterocycles. The van der Waals surface area contributed by atoms with E-state index in [0.29, 0.717) is 33.0 Å². The van der Waals surface area contributed by atoms with Gasteiger partial charge in [0.15, 0.2) is 11.5 Å². The number of fused-ring (bicyclic) bond motifs is 1. The second-order valence-corrected chi connectivity index (χ2v) is 8.03. The first-order valence-corrected chi connectivity index (χ1v) is 10.3. The zero-order valence-electron chi connectivity index (χ0n) is 16.8. The van der Waals surface area contributed by atoms with Crippen molar-refractivity contribution >= 4 is 44.9 Å². The van der Waals surface area contributed by atoms with Crippen molar-refractivity contribution in [1.29, 1.82) is 0 Å². The van der Waals surface area contributed by atoms with Crippen LogP contribution < -0.4 is 14.8 Å². The number of carbonyl (C=O) groups excluding carboxylic acids is 1. The fraction of sp³-hybridized carbons (Fsp3) is 0.190. The minimum atomic E-state index is -0.299. The fourth-order valence-corrected chi connectivity index (χ4v) is 4.36. The van der Waals surface area contributed by atoms with Gasteiger partial charge in [0.05, 0.1) is 35.2 Å². The van der Waals surface area contributed by atoms with Crippen molar-refractivity contribution in [2.24, 2.45) is 0 Å². The summed E-state index contributed by atoms with van der Waals surface area (Å²) in [5, 5.41) is 8.67. The van der Waals surface area contributed by atoms with Gasteiger partial charge in [0, 0.05) is 11.6 Å². The zero-order chi connectivity index (χ0) is 21.4. The van der Waals surface area contributed by atoms with Crippen LogP contribution in [0.3, 0.4) is 0 Å². The molecule has 1 N–H and O–H groups in total. The van der Waals surface area contributed by atoms with Gasteiger partial charge in [-0.25, -0.2) is 4.98 Å². The summed E-state index contributed by atoms with van der Waals surface area (Å²) in [5.41, 5.74) is 3.03. The largest absolute Gasteiger partial charge is 0.493 e. The molecule has 0 aliphatic carbocycles. The number of methoxy groups -OCH3 is 2. The Morgan fingerprint density at radius 1 is 1.10 bits per heavy atom. The predicted octanol–water partition coefficient (Wildman–Crippen LogP) is 5.02. The highest BCUT2D eigenvalue weighted by molar-refractivity contribution is 7.21. The molecule has 0 unspecified atom stereocenters. The van der Waals surface area contributed by atoms with E-state index in [1.54, 1.807) is 36.1 Å². The van der Waals surface area contributed by atoms with Crippen LogP contribution in [0.5, 0.6) is 11.5 Å². The van der Waals surface area contributed by atoms with E-state index < -0.39 is 0 Å². The first-order chi connectivity index (χ1) is 14.4. The number of nitrogens with one attached hydrogen (secondary N) is 1. The van der Waals surface area contributed by atoms with Crippen molar-refractivity contribution in [2.45, 2.75) is 13.8 Å². The number of aryl methyl sites for hydroxylation is 2. The van der Waals surface area contributed by atoms with Crippen LogP contribution in [-0.4, -0.2) is 34.9 Å². The molecule has 2 heterocycles. The molecule has 0 fully saturated rings. The number of halogens is 1. The molecule has 30 heavy (non-hydrogen) atoms. The van der Waals surface area contributed by atoms with Crippen molar-refractivity contribution in [3.05, 3.63) is 58.2 Å². The molecular formula is C21H19ClN4O3S. The number of anilines is 1. The Morgan fingerprint density at radius 3 is 2.57 bits per heavy atom. The van der Waals surface area contributed by atoms with E-state index in [4.69, 9.17) is 26.1 Å². The van der Waals surface area contributed by atoms with E-state index in [0.717, 1.165) is 21.5 Å². The van der Waals surface area contributed by atoms with Crippen molar-refractivity contribution in [3.8, 4) is 16.6 Å². The first-order valence-electron chi connectivity index (χ1n) is 9.07. The zero-order valence-corrected chi connectivity index (χ0v) is 18.4. The molecule has 9 heteroatoms. The van der Waals surface area contributed by atoms with E-state index in [-0.39, 0.29) is 5.91 Å². The summed E-state index contributed by atoms with van der Waals surface area (Å²) < 4.78 is 13.0. The van der Waals surface area contributed by atoms with Crippen molar-refractivity contribution in [3.63, 3.8) is 0 Å². The van der Waals surface area contributed by atoms with E-state index in [1.807, 2.05) is 26.0 Å². The highest BCUT2D eigenvalue weighted by atomic mass is 35.5. The SMILES string of the molecule is COc1ccc(C(=O)Nc2cc(C)nn2-c2nc3c(C)ccc(Cl)c3s2)cc1OC. The van der Waals surface area contributed by atoms with E-state index in [2.05, 4.69) is 10.4 Å². The fourth-order valence-electron chi connectivity index (χ4n) is 3.08. The molecule has 0 spiro atoms. The maximum Gasteiger partial charge on any atom is 0.256 e. The molecule has 154 valence electrons. The number of thiazole rings is 1. The third-order valence-electron chi connectivity index (χ3n) is 4.59. The molecule has 2 aromatic carbocycles. The lowest BCUT2D eigenvalue weighted by Gasteiger charge is -2.10. The predicted molar refractivity (Wildman–Crippen MR) is 119 cm³/mol. The monoisotopic (exact) mass is 442 g/mol. The van der Waals surface area contributed by atoms with Crippen LogP contribution >= 0.6 is 22.9 Å². The maximum atomic E-state index is 12.9. The average molecular weight is 443 g/mol. The minimum Gasteiger partial charge on any atom is -0.493 e. The Bertz CT molecular complexity index is 1230. The summed E-state index contributed by atoms with van der Waals surface area (Å²) in [4.78, 5) is 17.6. The minimum absolute atomic E-state index is 0.299. The van der Waals surface area contributed by atoms with Gasteiger partial charge in [-0.3, -0.25) is 4.79 Å². The summed E-state index contributed by atoms with van der Waals surface area (Å²) in [5.74, 6) is 1.25. The number of carbonyl (C=O) groups is 1. The van der Waals surface area contributed by atoms with Gasteiger partial charge in [0.1, 0.15) is 5.82 Å². The van der Waals surface area contributed by atoms with Gasteiger partial charge in [-0.2, -0.15) is 9.78 Å². The molecule has 0 aliphatic heterocycles. The number of hydrogen-bond donors (Lipinski definition) is 1. The van der Waals surface area contributed by atoms with Crippen LogP contribution in [0.15, 0.2) is 36.4 Å². The van der Waals surface area contributed by atoms with Crippen molar-refractivity contribution in [2.75, 3.05) is 19.5 Å². The van der Waals surface area contributed by atoms with Gasteiger partial charge in [0.25, 0.3) is 5.91 Å². The number of aromatic nitrogens is 3. The average Bonchev–Trinajstić information content (AvgIpc) is 3.34. The molecule has 4 aromatic rings. The Hall–Kier alpha value is -3.10. The van der Waals surface area contributed by atoms with E-state index in [1.165, 1.54) is 18.4 Å². The van der Waals surface area contributed by atoms with Crippen LogP contribution in [0.1, 0.15) is 21.6 Å². The van der Waals surface area contributed by atoms with Crippen LogP contribution in [0, 0.1) is 13.8 Å². The van der Waals surface area contributed by atoms with Crippen molar-refractivity contribution < 1.29 is 14.3 Å². The smallest absolute Gasteiger partial charge is 0.256 e. The number of hydrogen-bond acceptors (Lipinski definition) is 6. The molecule has 7 nitrogen and oxygen atoms in total. The van der Waals surface area contributed by atoms with Gasteiger partial charge in [0.2, 0.25) is 5.13 Å². The van der Waals surface area contributed by atoms with Crippen molar-refractivity contribution in [1.82, 2.24) is 14.8 Å². The highest BCUT2D eigenvalue weighted by Gasteiger charge is 2.18. The molecule has 0 radical (unpaired) electrons. The number of amides is 1. The molecule has 0 aliphatic rings. The number of nitrogens with zero attached hydrogens (tertiary/aromatic N) is 3. The second-order valence-electron chi connectivity index (χ2n) is 6.65.